The van der Waals surface area contributed by atoms with Crippen LogP contribution in [0.3, 0.4) is 0 Å². The topological polar surface area (TPSA) is 35.5 Å². The van der Waals surface area contributed by atoms with Crippen molar-refractivity contribution in [3.05, 3.63) is 0 Å². The molecule has 2 rings (SSSR count). The zero-order valence-corrected chi connectivity index (χ0v) is 10.8. The summed E-state index contributed by atoms with van der Waals surface area (Å²) in [7, 11) is 0. The summed E-state index contributed by atoms with van der Waals surface area (Å²) in [6.07, 6.45) is 5.98. The first-order valence-electron chi connectivity index (χ1n) is 6.29. The minimum Gasteiger partial charge on any atom is -0.460 e. The molecule has 0 N–H and O–H groups in total. The first-order valence-corrected chi connectivity index (χ1v) is 6.29. The van der Waals surface area contributed by atoms with E-state index in [2.05, 4.69) is 0 Å². The van der Waals surface area contributed by atoms with Crippen molar-refractivity contribution in [1.82, 2.24) is 0 Å². The summed E-state index contributed by atoms with van der Waals surface area (Å²) in [6.45, 7) is 7.69. The lowest BCUT2D eigenvalue weighted by atomic mass is 10.2. The zero-order chi connectivity index (χ0) is 12.0. The van der Waals surface area contributed by atoms with E-state index in [9.17, 15) is 4.79 Å². The molecule has 1 heterocycles. The summed E-state index contributed by atoms with van der Waals surface area (Å²) in [5.41, 5.74) is -0.306. The first-order chi connectivity index (χ1) is 7.49. The monoisotopic (exact) mass is 228 g/mol. The third-order valence-corrected chi connectivity index (χ3v) is 2.39. The molecule has 3 heteroatoms. The highest BCUT2D eigenvalue weighted by atomic mass is 16.6. The van der Waals surface area contributed by atoms with Crippen molar-refractivity contribution in [2.45, 2.75) is 58.5 Å². The average molecular weight is 228 g/mol. The lowest BCUT2D eigenvalue weighted by Gasteiger charge is -2.19. The standard InChI is InChI=1S/C8H14O2.C5H10O/c1-8(2,3)10-7(9)6-4-5-6;1-2-4-6-5-3-1/h6H,4-5H2,1-3H3;1-5H2. The lowest BCUT2D eigenvalue weighted by Crippen LogP contribution is -2.24. The highest BCUT2D eigenvalue weighted by Gasteiger charge is 2.33. The van der Waals surface area contributed by atoms with Crippen LogP contribution in [0.25, 0.3) is 0 Å². The molecular formula is C13H24O3. The maximum absolute atomic E-state index is 11.0. The molecule has 0 spiro atoms. The predicted molar refractivity (Wildman–Crippen MR) is 63.2 cm³/mol. The Morgan fingerprint density at radius 2 is 1.69 bits per heavy atom. The van der Waals surface area contributed by atoms with Gasteiger partial charge in [0.25, 0.3) is 0 Å². The smallest absolute Gasteiger partial charge is 0.309 e. The van der Waals surface area contributed by atoms with Gasteiger partial charge in [-0.3, -0.25) is 4.79 Å². The molecule has 1 saturated carbocycles. The summed E-state index contributed by atoms with van der Waals surface area (Å²) in [4.78, 5) is 11.0. The highest BCUT2D eigenvalue weighted by Crippen LogP contribution is 2.31. The van der Waals surface area contributed by atoms with Gasteiger partial charge < -0.3 is 9.47 Å². The summed E-state index contributed by atoms with van der Waals surface area (Å²) >= 11 is 0. The number of hydrogen-bond donors (Lipinski definition) is 0. The second-order valence-corrected chi connectivity index (χ2v) is 5.48. The highest BCUT2D eigenvalue weighted by molar-refractivity contribution is 5.75. The molecule has 1 aliphatic heterocycles. The Morgan fingerprint density at radius 3 is 1.94 bits per heavy atom. The summed E-state index contributed by atoms with van der Waals surface area (Å²) < 4.78 is 10.2. The molecule has 16 heavy (non-hydrogen) atoms. The summed E-state index contributed by atoms with van der Waals surface area (Å²) in [5.74, 6) is 0.201. The Kier molecular flexibility index (Phi) is 5.26. The van der Waals surface area contributed by atoms with Crippen LogP contribution in [0, 0.1) is 5.92 Å². The van der Waals surface area contributed by atoms with Gasteiger partial charge in [-0.2, -0.15) is 0 Å². The fraction of sp³-hybridized carbons (Fsp3) is 0.923. The van der Waals surface area contributed by atoms with E-state index in [0.717, 1.165) is 26.1 Å². The largest absolute Gasteiger partial charge is 0.460 e. The Morgan fingerprint density at radius 1 is 1.12 bits per heavy atom. The van der Waals surface area contributed by atoms with Gasteiger partial charge in [0.05, 0.1) is 5.92 Å². The van der Waals surface area contributed by atoms with E-state index >= 15 is 0 Å². The van der Waals surface area contributed by atoms with E-state index in [0.29, 0.717) is 0 Å². The van der Waals surface area contributed by atoms with E-state index < -0.39 is 0 Å². The van der Waals surface area contributed by atoms with Gasteiger partial charge in [-0.15, -0.1) is 0 Å². The fourth-order valence-corrected chi connectivity index (χ4v) is 1.39. The second-order valence-electron chi connectivity index (χ2n) is 5.48. The Labute approximate surface area is 98.5 Å². The van der Waals surface area contributed by atoms with Gasteiger partial charge in [-0.1, -0.05) is 0 Å². The van der Waals surface area contributed by atoms with Gasteiger partial charge in [0.15, 0.2) is 0 Å². The van der Waals surface area contributed by atoms with Crippen LogP contribution in [-0.2, 0) is 14.3 Å². The number of carbonyl (C=O) groups is 1. The van der Waals surface area contributed by atoms with Crippen LogP contribution in [0.4, 0.5) is 0 Å². The molecule has 0 bridgehead atoms. The van der Waals surface area contributed by atoms with Crippen LogP contribution in [0.5, 0.6) is 0 Å². The van der Waals surface area contributed by atoms with E-state index in [-0.39, 0.29) is 17.5 Å². The predicted octanol–water partition coefficient (Wildman–Crippen LogP) is 2.93. The first kappa shape index (κ1) is 13.5. The minimum absolute atomic E-state index is 0.0208. The van der Waals surface area contributed by atoms with Crippen LogP contribution in [0.2, 0.25) is 0 Å². The van der Waals surface area contributed by atoms with Crippen molar-refractivity contribution in [2.75, 3.05) is 13.2 Å². The van der Waals surface area contributed by atoms with Crippen LogP contribution < -0.4 is 0 Å². The van der Waals surface area contributed by atoms with Crippen LogP contribution in [0.1, 0.15) is 52.9 Å². The van der Waals surface area contributed by atoms with Crippen molar-refractivity contribution >= 4 is 5.97 Å². The molecule has 2 fully saturated rings. The van der Waals surface area contributed by atoms with Gasteiger partial charge in [-0.25, -0.2) is 0 Å². The molecule has 2 aliphatic rings. The molecule has 0 aromatic carbocycles. The molecule has 0 atom stereocenters. The van der Waals surface area contributed by atoms with Crippen LogP contribution in [-0.4, -0.2) is 24.8 Å². The van der Waals surface area contributed by atoms with E-state index in [1.54, 1.807) is 0 Å². The molecule has 94 valence electrons. The Bertz CT molecular complexity index is 198. The van der Waals surface area contributed by atoms with Gasteiger partial charge >= 0.3 is 5.97 Å². The van der Waals surface area contributed by atoms with Gasteiger partial charge in [0.1, 0.15) is 5.60 Å². The molecule has 0 amide bonds. The summed E-state index contributed by atoms with van der Waals surface area (Å²) in [5, 5.41) is 0. The SMILES string of the molecule is C1CCOCC1.CC(C)(C)OC(=O)C1CC1. The molecule has 1 aliphatic carbocycles. The Hall–Kier alpha value is -0.570. The van der Waals surface area contributed by atoms with Crippen LogP contribution >= 0.6 is 0 Å². The van der Waals surface area contributed by atoms with E-state index in [4.69, 9.17) is 9.47 Å². The van der Waals surface area contributed by atoms with Gasteiger partial charge in [-0.05, 0) is 52.9 Å². The van der Waals surface area contributed by atoms with Gasteiger partial charge in [0.2, 0.25) is 0 Å². The van der Waals surface area contributed by atoms with Crippen molar-refractivity contribution < 1.29 is 14.3 Å². The van der Waals surface area contributed by atoms with Crippen molar-refractivity contribution in [3.8, 4) is 0 Å². The minimum atomic E-state index is -0.306. The van der Waals surface area contributed by atoms with Crippen molar-refractivity contribution in [3.63, 3.8) is 0 Å². The summed E-state index contributed by atoms with van der Waals surface area (Å²) in [6, 6.07) is 0. The second kappa shape index (κ2) is 6.24. The maximum Gasteiger partial charge on any atom is 0.309 e. The molecule has 0 radical (unpaired) electrons. The van der Waals surface area contributed by atoms with Crippen LogP contribution in [0.15, 0.2) is 0 Å². The zero-order valence-electron chi connectivity index (χ0n) is 10.8. The van der Waals surface area contributed by atoms with Gasteiger partial charge in [0, 0.05) is 13.2 Å². The number of rotatable bonds is 1. The number of hydrogen-bond acceptors (Lipinski definition) is 3. The third kappa shape index (κ3) is 6.83. The molecular weight excluding hydrogens is 204 g/mol. The molecule has 0 unspecified atom stereocenters. The third-order valence-electron chi connectivity index (χ3n) is 2.39. The Balaban J connectivity index is 0.000000181. The van der Waals surface area contributed by atoms with E-state index in [1.807, 2.05) is 20.8 Å². The maximum atomic E-state index is 11.0. The normalized spacial score (nSPS) is 20.7. The molecule has 3 nitrogen and oxygen atoms in total. The molecule has 0 aromatic heterocycles. The number of carbonyl (C=O) groups excluding carboxylic acids is 1. The van der Waals surface area contributed by atoms with Crippen molar-refractivity contribution in [2.24, 2.45) is 5.92 Å². The number of ether oxygens (including phenoxy) is 2. The quantitative estimate of drug-likeness (QED) is 0.647. The lowest BCUT2D eigenvalue weighted by molar-refractivity contribution is -0.156. The molecule has 0 aromatic rings. The van der Waals surface area contributed by atoms with Crippen molar-refractivity contribution in [1.29, 1.82) is 0 Å². The molecule has 1 saturated heterocycles. The fourth-order valence-electron chi connectivity index (χ4n) is 1.39. The number of esters is 1. The average Bonchev–Trinajstić information content (AvgIpc) is 3.02. The van der Waals surface area contributed by atoms with E-state index in [1.165, 1.54) is 19.3 Å².